The van der Waals surface area contributed by atoms with Gasteiger partial charge in [-0.15, -0.1) is 0 Å². The monoisotopic (exact) mass is 212 g/mol. The molecule has 2 heterocycles. The minimum atomic E-state index is -0.172. The number of hydrogen-bond donors (Lipinski definition) is 1. The summed E-state index contributed by atoms with van der Waals surface area (Å²) in [4.78, 5) is 6.39. The molecule has 0 saturated carbocycles. The third-order valence-corrected chi connectivity index (χ3v) is 2.62. The summed E-state index contributed by atoms with van der Waals surface area (Å²) in [6, 6.07) is 5.62. The second-order valence-electron chi connectivity index (χ2n) is 3.63. The van der Waals surface area contributed by atoms with E-state index in [1.807, 2.05) is 12.1 Å². The van der Waals surface area contributed by atoms with Gasteiger partial charge in [0.25, 0.3) is 0 Å². The smallest absolute Gasteiger partial charge is 0.129 e. The number of rotatable bonds is 2. The minimum Gasteiger partial charge on any atom is -0.392 e. The van der Waals surface area contributed by atoms with Crippen LogP contribution in [0.4, 0.5) is 0 Å². The van der Waals surface area contributed by atoms with Crippen LogP contribution < -0.4 is 0 Å². The molecule has 1 aromatic heterocycles. The first-order chi connectivity index (χ1) is 6.74. The number of halogens is 1. The third kappa shape index (κ3) is 2.44. The molecule has 0 spiro atoms. The summed E-state index contributed by atoms with van der Waals surface area (Å²) in [7, 11) is 0. The molecule has 1 N–H and O–H groups in total. The fourth-order valence-corrected chi connectivity index (χ4v) is 1.90. The van der Waals surface area contributed by atoms with Gasteiger partial charge in [0.2, 0.25) is 0 Å². The van der Waals surface area contributed by atoms with Crippen molar-refractivity contribution in [2.24, 2.45) is 0 Å². The van der Waals surface area contributed by atoms with E-state index in [0.717, 1.165) is 31.7 Å². The van der Waals surface area contributed by atoms with Gasteiger partial charge in [0.1, 0.15) is 5.15 Å². The molecule has 3 nitrogen and oxygen atoms in total. The molecular weight excluding hydrogens is 200 g/mol. The summed E-state index contributed by atoms with van der Waals surface area (Å²) < 4.78 is 0. The van der Waals surface area contributed by atoms with E-state index >= 15 is 0 Å². The molecule has 0 amide bonds. The van der Waals surface area contributed by atoms with E-state index in [4.69, 9.17) is 11.6 Å². The lowest BCUT2D eigenvalue weighted by atomic mass is 10.3. The van der Waals surface area contributed by atoms with Gasteiger partial charge in [-0.3, -0.25) is 4.90 Å². The SMILES string of the molecule is O[C@H]1CCN(Cc2cccc(Cl)n2)C1. The van der Waals surface area contributed by atoms with Crippen molar-refractivity contribution in [2.75, 3.05) is 13.1 Å². The van der Waals surface area contributed by atoms with Crippen LogP contribution in [0, 0.1) is 0 Å². The Bertz CT molecular complexity index is 319. The molecule has 1 aliphatic heterocycles. The zero-order chi connectivity index (χ0) is 9.97. The average Bonchev–Trinajstić information content (AvgIpc) is 2.51. The van der Waals surface area contributed by atoms with E-state index in [9.17, 15) is 5.11 Å². The molecule has 0 aromatic carbocycles. The highest BCUT2D eigenvalue weighted by atomic mass is 35.5. The van der Waals surface area contributed by atoms with Crippen LogP contribution in [0.1, 0.15) is 12.1 Å². The number of likely N-dealkylation sites (tertiary alicyclic amines) is 1. The molecule has 1 aromatic rings. The van der Waals surface area contributed by atoms with Crippen molar-refractivity contribution in [1.29, 1.82) is 0 Å². The number of nitrogens with zero attached hydrogens (tertiary/aromatic N) is 2. The van der Waals surface area contributed by atoms with Gasteiger partial charge in [0.05, 0.1) is 11.8 Å². The molecule has 0 bridgehead atoms. The Morgan fingerprint density at radius 3 is 3.07 bits per heavy atom. The Balaban J connectivity index is 1.97. The first-order valence-corrected chi connectivity index (χ1v) is 5.14. The lowest BCUT2D eigenvalue weighted by molar-refractivity contribution is 0.174. The van der Waals surface area contributed by atoms with Crippen LogP contribution >= 0.6 is 11.6 Å². The molecule has 1 atom stereocenters. The predicted octanol–water partition coefficient (Wildman–Crippen LogP) is 1.30. The number of aliphatic hydroxyl groups excluding tert-OH is 1. The van der Waals surface area contributed by atoms with Gasteiger partial charge in [-0.05, 0) is 18.6 Å². The standard InChI is InChI=1S/C10H13ClN2O/c11-10-3-1-2-8(12-10)6-13-5-4-9(14)7-13/h1-3,9,14H,4-7H2/t9-/m0/s1. The van der Waals surface area contributed by atoms with E-state index < -0.39 is 0 Å². The Morgan fingerprint density at radius 2 is 2.43 bits per heavy atom. The van der Waals surface area contributed by atoms with Gasteiger partial charge in [0, 0.05) is 19.6 Å². The summed E-state index contributed by atoms with van der Waals surface area (Å²) in [6.07, 6.45) is 0.690. The first kappa shape index (κ1) is 9.90. The van der Waals surface area contributed by atoms with E-state index in [1.165, 1.54) is 0 Å². The molecule has 0 aliphatic carbocycles. The van der Waals surface area contributed by atoms with Gasteiger partial charge in [-0.1, -0.05) is 17.7 Å². The zero-order valence-corrected chi connectivity index (χ0v) is 8.61. The summed E-state index contributed by atoms with van der Waals surface area (Å²) in [5.41, 5.74) is 0.964. The lowest BCUT2D eigenvalue weighted by Crippen LogP contribution is -2.21. The second kappa shape index (κ2) is 4.26. The van der Waals surface area contributed by atoms with Crippen molar-refractivity contribution >= 4 is 11.6 Å². The molecular formula is C10H13ClN2O. The zero-order valence-electron chi connectivity index (χ0n) is 7.86. The highest BCUT2D eigenvalue weighted by Crippen LogP contribution is 2.13. The lowest BCUT2D eigenvalue weighted by Gasteiger charge is -2.13. The first-order valence-electron chi connectivity index (χ1n) is 4.76. The molecule has 76 valence electrons. The van der Waals surface area contributed by atoms with E-state index in [2.05, 4.69) is 9.88 Å². The normalized spacial score (nSPS) is 22.9. The number of hydrogen-bond acceptors (Lipinski definition) is 3. The van der Waals surface area contributed by atoms with E-state index in [-0.39, 0.29) is 6.10 Å². The fourth-order valence-electron chi connectivity index (χ4n) is 1.72. The Labute approximate surface area is 88.3 Å². The van der Waals surface area contributed by atoms with E-state index in [1.54, 1.807) is 6.07 Å². The van der Waals surface area contributed by atoms with Crippen molar-refractivity contribution in [2.45, 2.75) is 19.1 Å². The number of aliphatic hydroxyl groups is 1. The molecule has 0 radical (unpaired) electrons. The van der Waals surface area contributed by atoms with Gasteiger partial charge in [-0.2, -0.15) is 0 Å². The third-order valence-electron chi connectivity index (χ3n) is 2.41. The van der Waals surface area contributed by atoms with E-state index in [0.29, 0.717) is 5.15 Å². The summed E-state index contributed by atoms with van der Waals surface area (Å²) >= 11 is 5.78. The maximum absolute atomic E-state index is 9.34. The second-order valence-corrected chi connectivity index (χ2v) is 4.02. The average molecular weight is 213 g/mol. The van der Waals surface area contributed by atoms with Gasteiger partial charge >= 0.3 is 0 Å². The van der Waals surface area contributed by atoms with Gasteiger partial charge in [-0.25, -0.2) is 4.98 Å². The van der Waals surface area contributed by atoms with Crippen molar-refractivity contribution in [3.8, 4) is 0 Å². The Kier molecular flexibility index (Phi) is 3.01. The largest absolute Gasteiger partial charge is 0.392 e. The molecule has 1 saturated heterocycles. The highest BCUT2D eigenvalue weighted by Gasteiger charge is 2.20. The molecule has 2 rings (SSSR count). The molecule has 1 fully saturated rings. The number of aromatic nitrogens is 1. The molecule has 4 heteroatoms. The Hall–Kier alpha value is -0.640. The van der Waals surface area contributed by atoms with Crippen LogP contribution in [0.15, 0.2) is 18.2 Å². The quantitative estimate of drug-likeness (QED) is 0.751. The highest BCUT2D eigenvalue weighted by molar-refractivity contribution is 6.29. The summed E-state index contributed by atoms with van der Waals surface area (Å²) in [6.45, 7) is 2.46. The van der Waals surface area contributed by atoms with Gasteiger partial charge in [0.15, 0.2) is 0 Å². The van der Waals surface area contributed by atoms with Crippen LogP contribution in [0.5, 0.6) is 0 Å². The fraction of sp³-hybridized carbons (Fsp3) is 0.500. The van der Waals surface area contributed by atoms with Gasteiger partial charge < -0.3 is 5.11 Å². The summed E-state index contributed by atoms with van der Waals surface area (Å²) in [5.74, 6) is 0. The predicted molar refractivity (Wildman–Crippen MR) is 55.1 cm³/mol. The molecule has 1 aliphatic rings. The Morgan fingerprint density at radius 1 is 1.57 bits per heavy atom. The maximum atomic E-state index is 9.34. The topological polar surface area (TPSA) is 36.4 Å². The van der Waals surface area contributed by atoms with Crippen LogP contribution in [-0.2, 0) is 6.54 Å². The number of β-amino-alcohol motifs (C(OH)–C–C–N with tert-alkyl or cyclic N) is 1. The molecule has 0 unspecified atom stereocenters. The minimum absolute atomic E-state index is 0.172. The van der Waals surface area contributed by atoms with Crippen LogP contribution in [0.2, 0.25) is 5.15 Å². The van der Waals surface area contributed by atoms with Crippen LogP contribution in [0.3, 0.4) is 0 Å². The van der Waals surface area contributed by atoms with Crippen molar-refractivity contribution < 1.29 is 5.11 Å². The summed E-state index contributed by atoms with van der Waals surface area (Å²) in [5, 5.41) is 9.87. The molecule has 14 heavy (non-hydrogen) atoms. The maximum Gasteiger partial charge on any atom is 0.129 e. The van der Waals surface area contributed by atoms with Crippen molar-refractivity contribution in [3.63, 3.8) is 0 Å². The number of pyridine rings is 1. The van der Waals surface area contributed by atoms with Crippen LogP contribution in [-0.4, -0.2) is 34.2 Å². The van der Waals surface area contributed by atoms with Crippen molar-refractivity contribution in [3.05, 3.63) is 29.0 Å². The van der Waals surface area contributed by atoms with Crippen LogP contribution in [0.25, 0.3) is 0 Å². The van der Waals surface area contributed by atoms with Crippen molar-refractivity contribution in [1.82, 2.24) is 9.88 Å².